The van der Waals surface area contributed by atoms with E-state index in [4.69, 9.17) is 9.72 Å². The number of piperidine rings is 1. The largest absolute Gasteiger partial charge is 0.507 e. The topological polar surface area (TPSA) is 171 Å². The van der Waals surface area contributed by atoms with Crippen molar-refractivity contribution in [2.24, 2.45) is 0 Å². The van der Waals surface area contributed by atoms with Crippen LogP contribution in [0.25, 0.3) is 0 Å². The summed E-state index contributed by atoms with van der Waals surface area (Å²) in [6.07, 6.45) is 9.69. The van der Waals surface area contributed by atoms with Crippen molar-refractivity contribution in [1.29, 1.82) is 0 Å². The van der Waals surface area contributed by atoms with Crippen molar-refractivity contribution >= 4 is 35.2 Å². The number of hydrogen-bond acceptors (Lipinski definition) is 12. The van der Waals surface area contributed by atoms with E-state index in [1.54, 1.807) is 47.2 Å². The second-order valence-electron chi connectivity index (χ2n) is 14.6. The maximum Gasteiger partial charge on any atom is 0.266 e. The Hall–Kier alpha value is -6.38. The Bertz CT molecular complexity index is 2220. The number of unbranched alkanes of at least 4 members (excludes halogenated alkanes) is 1. The monoisotopic (exact) mass is 758 g/mol. The summed E-state index contributed by atoms with van der Waals surface area (Å²) >= 11 is 0. The lowest BCUT2D eigenvalue weighted by Gasteiger charge is -2.41. The lowest BCUT2D eigenvalue weighted by atomic mass is 10.0. The molecule has 15 heteroatoms. The summed E-state index contributed by atoms with van der Waals surface area (Å²) in [6, 6.07) is 16.9. The molecule has 0 saturated carbocycles. The lowest BCUT2D eigenvalue weighted by Crippen LogP contribution is -2.54. The summed E-state index contributed by atoms with van der Waals surface area (Å²) < 4.78 is 7.76. The Morgan fingerprint density at radius 1 is 0.911 bits per heavy atom. The zero-order valence-corrected chi connectivity index (χ0v) is 31.0. The number of rotatable bonds is 13. The van der Waals surface area contributed by atoms with Gasteiger partial charge in [0.25, 0.3) is 17.7 Å². The number of likely N-dealkylation sites (tertiary alicyclic amines) is 1. The number of aryl methyl sites for hydroxylation is 1. The van der Waals surface area contributed by atoms with Crippen LogP contribution in [-0.4, -0.2) is 114 Å². The smallest absolute Gasteiger partial charge is 0.266 e. The molecule has 1 N–H and O–H groups in total. The first-order chi connectivity index (χ1) is 27.2. The summed E-state index contributed by atoms with van der Waals surface area (Å²) in [6.45, 7) is 2.36. The predicted octanol–water partition coefficient (Wildman–Crippen LogP) is 3.62. The highest BCUT2D eigenvalue weighted by atomic mass is 16.5. The number of piperazine rings is 1. The molecule has 56 heavy (non-hydrogen) atoms. The Morgan fingerprint density at radius 2 is 1.70 bits per heavy atom. The third-order valence-corrected chi connectivity index (χ3v) is 11.1. The van der Waals surface area contributed by atoms with Crippen LogP contribution in [0, 0.1) is 0 Å². The first-order valence-corrected chi connectivity index (χ1v) is 19.0. The predicted molar refractivity (Wildman–Crippen MR) is 202 cm³/mol. The molecule has 2 unspecified atom stereocenters. The number of carbonyl (C=O) groups excluding carboxylic acids is 5. The molecular weight excluding hydrogens is 716 g/mol. The number of likely N-dealkylation sites (N-methyl/N-ethyl adjacent to an activating group) is 1. The van der Waals surface area contributed by atoms with Gasteiger partial charge in [0, 0.05) is 57.1 Å². The van der Waals surface area contributed by atoms with Crippen LogP contribution in [0.4, 0.5) is 5.82 Å². The van der Waals surface area contributed by atoms with E-state index >= 15 is 0 Å². The number of ether oxygens (including phenoxy) is 1. The van der Waals surface area contributed by atoms with Crippen molar-refractivity contribution in [1.82, 2.24) is 34.7 Å². The Labute approximate surface area is 323 Å². The second kappa shape index (κ2) is 15.4. The number of imide groups is 2. The molecule has 2 aromatic carbocycles. The summed E-state index contributed by atoms with van der Waals surface area (Å²) in [5.74, 6) is -1.08. The number of nitrogens with zero attached hydrogens (tertiary/aromatic N) is 8. The van der Waals surface area contributed by atoms with Gasteiger partial charge >= 0.3 is 0 Å². The van der Waals surface area contributed by atoms with E-state index in [1.165, 1.54) is 13.1 Å². The van der Waals surface area contributed by atoms with Gasteiger partial charge in [-0.1, -0.05) is 29.5 Å². The number of carbonyl (C=O) groups is 5. The molecule has 4 aliphatic rings. The molecule has 3 atom stereocenters. The number of anilines is 1. The van der Waals surface area contributed by atoms with Crippen LogP contribution in [0.1, 0.15) is 81.0 Å². The minimum Gasteiger partial charge on any atom is -0.507 e. The first kappa shape index (κ1) is 36.6. The van der Waals surface area contributed by atoms with Crippen molar-refractivity contribution in [2.45, 2.75) is 69.6 Å². The SMILES string of the molecule is CN1C(=O)CCC(N2C(=O)c3cccc(OCCCCc4cn(Cc5cccc(N6CC7CC[C@H](C6)N7/C=C/C(=O)c6ccccc6O)n5)nn4)c3C2=O)C1=O. The fraction of sp³-hybridized carbons (Fsp3) is 0.366. The molecule has 2 aromatic heterocycles. The normalized spacial score (nSPS) is 20.8. The zero-order valence-electron chi connectivity index (χ0n) is 31.0. The molecule has 4 aromatic rings. The maximum absolute atomic E-state index is 13.4. The number of para-hydroxylation sites is 1. The van der Waals surface area contributed by atoms with Gasteiger partial charge < -0.3 is 19.6 Å². The van der Waals surface area contributed by atoms with Crippen LogP contribution in [0.3, 0.4) is 0 Å². The molecule has 2 bridgehead atoms. The third-order valence-electron chi connectivity index (χ3n) is 11.1. The number of aromatic nitrogens is 4. The molecule has 0 spiro atoms. The number of pyridine rings is 1. The highest BCUT2D eigenvalue weighted by molar-refractivity contribution is 6.24. The van der Waals surface area contributed by atoms with Gasteiger partial charge in [-0.15, -0.1) is 5.10 Å². The number of aromatic hydroxyl groups is 1. The van der Waals surface area contributed by atoms with Crippen LogP contribution in [0.5, 0.6) is 11.5 Å². The van der Waals surface area contributed by atoms with E-state index in [0.29, 0.717) is 37.3 Å². The van der Waals surface area contributed by atoms with Crippen LogP contribution >= 0.6 is 0 Å². The van der Waals surface area contributed by atoms with Gasteiger partial charge in [0.2, 0.25) is 5.91 Å². The Morgan fingerprint density at radius 3 is 2.50 bits per heavy atom. The van der Waals surface area contributed by atoms with E-state index in [1.807, 2.05) is 30.6 Å². The van der Waals surface area contributed by atoms with Crippen molar-refractivity contribution in [3.05, 3.63) is 107 Å². The van der Waals surface area contributed by atoms with E-state index in [-0.39, 0.29) is 53.5 Å². The molecule has 6 heterocycles. The minimum absolute atomic E-state index is 0.0167. The third kappa shape index (κ3) is 7.11. The molecule has 3 fully saturated rings. The van der Waals surface area contributed by atoms with E-state index < -0.39 is 23.8 Å². The number of phenols is 1. The fourth-order valence-electron chi connectivity index (χ4n) is 8.12. The van der Waals surface area contributed by atoms with E-state index in [0.717, 1.165) is 59.4 Å². The van der Waals surface area contributed by atoms with Gasteiger partial charge in [-0.05, 0) is 74.9 Å². The summed E-state index contributed by atoms with van der Waals surface area (Å²) in [5.41, 5.74) is 2.33. The molecule has 0 radical (unpaired) electrons. The summed E-state index contributed by atoms with van der Waals surface area (Å²) in [7, 11) is 1.36. The van der Waals surface area contributed by atoms with Crippen molar-refractivity contribution in [3.8, 4) is 11.5 Å². The van der Waals surface area contributed by atoms with Gasteiger partial charge in [0.05, 0.1) is 41.2 Å². The number of benzene rings is 2. The van der Waals surface area contributed by atoms with E-state index in [2.05, 4.69) is 20.1 Å². The van der Waals surface area contributed by atoms with Crippen molar-refractivity contribution < 1.29 is 33.8 Å². The van der Waals surface area contributed by atoms with Crippen LogP contribution in [-0.2, 0) is 22.6 Å². The molecule has 288 valence electrons. The number of hydrogen-bond donors (Lipinski definition) is 1. The van der Waals surface area contributed by atoms with Crippen molar-refractivity contribution in [3.63, 3.8) is 0 Å². The number of ketones is 1. The average molecular weight is 759 g/mol. The van der Waals surface area contributed by atoms with Gasteiger partial charge in [0.1, 0.15) is 23.4 Å². The molecule has 0 aliphatic carbocycles. The zero-order chi connectivity index (χ0) is 38.9. The van der Waals surface area contributed by atoms with E-state index in [9.17, 15) is 29.1 Å². The Balaban J connectivity index is 0.812. The number of fused-ring (bicyclic) bond motifs is 3. The first-order valence-electron chi connectivity index (χ1n) is 19.0. The molecule has 4 aliphatic heterocycles. The van der Waals surface area contributed by atoms with Crippen LogP contribution < -0.4 is 9.64 Å². The summed E-state index contributed by atoms with van der Waals surface area (Å²) in [5, 5.41) is 18.7. The highest BCUT2D eigenvalue weighted by Gasteiger charge is 2.47. The maximum atomic E-state index is 13.4. The van der Waals surface area contributed by atoms with Gasteiger partial charge in [0.15, 0.2) is 5.78 Å². The minimum atomic E-state index is -1.02. The number of phenolic OH excluding ortho intramolecular Hbond substituents is 1. The van der Waals surface area contributed by atoms with Crippen LogP contribution in [0.15, 0.2) is 79.1 Å². The van der Waals surface area contributed by atoms with Gasteiger partial charge in [-0.3, -0.25) is 33.8 Å². The fourth-order valence-corrected chi connectivity index (χ4v) is 8.12. The number of allylic oxidation sites excluding steroid dienone is 1. The second-order valence-corrected chi connectivity index (χ2v) is 14.6. The molecule has 4 amide bonds. The number of amides is 4. The molecule has 8 rings (SSSR count). The van der Waals surface area contributed by atoms with Crippen LogP contribution in [0.2, 0.25) is 0 Å². The summed E-state index contributed by atoms with van der Waals surface area (Å²) in [4.78, 5) is 75.6. The molecular formula is C41H42N8O7. The highest BCUT2D eigenvalue weighted by Crippen LogP contribution is 2.35. The molecule has 15 nitrogen and oxygen atoms in total. The quantitative estimate of drug-likeness (QED) is 0.0911. The lowest BCUT2D eigenvalue weighted by molar-refractivity contribution is -0.149. The molecule has 3 saturated heterocycles. The van der Waals surface area contributed by atoms with Gasteiger partial charge in [-0.2, -0.15) is 0 Å². The van der Waals surface area contributed by atoms with Gasteiger partial charge in [-0.25, -0.2) is 9.67 Å². The average Bonchev–Trinajstić information content (AvgIpc) is 3.83. The standard InChI is InChI=1S/C41H42N8O7/c1-45-37(52)18-17-32(40(45)54)49-39(53)31-11-7-13-35(38(31)41(49)55)56-21-5-4-8-27-23-47(44-43-27)22-26-9-6-14-36(42-26)46-24-28-15-16-29(25-46)48(28)20-19-34(51)30-10-2-3-12-33(30)50/h2-3,6-7,9-14,19-20,23,28-29,32,50H,4-5,8,15-18,21-22,24-25H2,1H3/b20-19+/t28-,29?,32?/m1/s1. The Kier molecular flexibility index (Phi) is 10.1. The van der Waals surface area contributed by atoms with Crippen molar-refractivity contribution in [2.75, 3.05) is 31.6 Å².